The van der Waals surface area contributed by atoms with Crippen molar-refractivity contribution in [3.63, 3.8) is 0 Å². The average molecular weight is 447 g/mol. The molecule has 0 fully saturated rings. The molecule has 0 aliphatic carbocycles. The van der Waals surface area contributed by atoms with Gasteiger partial charge in [-0.2, -0.15) is 0 Å². The van der Waals surface area contributed by atoms with Crippen molar-refractivity contribution in [1.29, 1.82) is 0 Å². The van der Waals surface area contributed by atoms with Crippen molar-refractivity contribution in [1.82, 2.24) is 0 Å². The zero-order chi connectivity index (χ0) is 20.5. The van der Waals surface area contributed by atoms with Crippen LogP contribution < -0.4 is 0 Å². The highest BCUT2D eigenvalue weighted by molar-refractivity contribution is 8.47. The molecule has 0 aliphatic heterocycles. The summed E-state index contributed by atoms with van der Waals surface area (Å²) in [6.07, 6.45) is 28.4. The molecule has 3 heteroatoms. The highest BCUT2D eigenvalue weighted by Gasteiger charge is 2.00. The molecule has 168 valence electrons. The minimum Gasteiger partial charge on any atom is -0.108 e. The fraction of sp³-hybridized carbons (Fsp3) is 0.960. The van der Waals surface area contributed by atoms with Crippen LogP contribution in [0.4, 0.5) is 0 Å². The molecule has 0 saturated heterocycles. The van der Waals surface area contributed by atoms with Crippen LogP contribution in [0, 0.1) is 0 Å². The van der Waals surface area contributed by atoms with E-state index in [0.29, 0.717) is 0 Å². The van der Waals surface area contributed by atoms with Gasteiger partial charge in [0.1, 0.15) is 3.53 Å². The molecule has 0 aromatic carbocycles. The molecule has 28 heavy (non-hydrogen) atoms. The average Bonchev–Trinajstić information content (AvgIpc) is 2.70. The minimum atomic E-state index is 1.19. The SMILES string of the molecule is CCCCCCCCCCCCSC(=S)SCCCCCCCCCCCC. The van der Waals surface area contributed by atoms with Gasteiger partial charge in [-0.15, -0.1) is 23.5 Å². The Bertz CT molecular complexity index is 276. The number of hydrogen-bond donors (Lipinski definition) is 0. The van der Waals surface area contributed by atoms with Gasteiger partial charge in [0.15, 0.2) is 0 Å². The fourth-order valence-corrected chi connectivity index (χ4v) is 5.90. The summed E-state index contributed by atoms with van der Waals surface area (Å²) in [5.41, 5.74) is 0. The Kier molecular flexibility index (Phi) is 26.6. The maximum absolute atomic E-state index is 5.52. The Morgan fingerprint density at radius 1 is 0.429 bits per heavy atom. The van der Waals surface area contributed by atoms with Crippen molar-refractivity contribution in [3.8, 4) is 0 Å². The zero-order valence-electron chi connectivity index (χ0n) is 19.3. The number of hydrogen-bond acceptors (Lipinski definition) is 3. The number of thiocarbonyl (C=S) groups is 1. The molecule has 0 atom stereocenters. The van der Waals surface area contributed by atoms with Crippen LogP contribution in [0.2, 0.25) is 0 Å². The summed E-state index contributed by atoms with van der Waals surface area (Å²) >= 11 is 9.38. The molecule has 0 saturated carbocycles. The molecule has 0 rings (SSSR count). The van der Waals surface area contributed by atoms with Gasteiger partial charge in [0.2, 0.25) is 0 Å². The van der Waals surface area contributed by atoms with Crippen LogP contribution in [0.3, 0.4) is 0 Å². The molecule has 0 heterocycles. The highest BCUT2D eigenvalue weighted by atomic mass is 32.2. The second-order valence-electron chi connectivity index (χ2n) is 8.31. The van der Waals surface area contributed by atoms with Crippen LogP contribution in [0.1, 0.15) is 142 Å². The highest BCUT2D eigenvalue weighted by Crippen LogP contribution is 2.21. The van der Waals surface area contributed by atoms with Crippen molar-refractivity contribution < 1.29 is 0 Å². The first-order chi connectivity index (χ1) is 13.8. The van der Waals surface area contributed by atoms with Crippen LogP contribution >= 0.6 is 35.7 Å². The van der Waals surface area contributed by atoms with Crippen molar-refractivity contribution in [2.24, 2.45) is 0 Å². The quantitative estimate of drug-likeness (QED) is 0.120. The van der Waals surface area contributed by atoms with E-state index in [0.717, 1.165) is 0 Å². The second-order valence-corrected chi connectivity index (χ2v) is 11.7. The first kappa shape index (κ1) is 28.8. The van der Waals surface area contributed by atoms with Gasteiger partial charge in [-0.05, 0) is 24.3 Å². The topological polar surface area (TPSA) is 0 Å². The van der Waals surface area contributed by atoms with Gasteiger partial charge in [0, 0.05) is 0 Å². The summed E-state index contributed by atoms with van der Waals surface area (Å²) in [6.45, 7) is 4.58. The Balaban J connectivity index is 3.13. The molecule has 0 aliphatic rings. The lowest BCUT2D eigenvalue weighted by molar-refractivity contribution is 0.563. The Morgan fingerprint density at radius 3 is 0.964 bits per heavy atom. The lowest BCUT2D eigenvalue weighted by Gasteiger charge is -2.05. The van der Waals surface area contributed by atoms with Crippen molar-refractivity contribution >= 4 is 39.3 Å². The molecular formula is C25H50S3. The van der Waals surface area contributed by atoms with Crippen molar-refractivity contribution in [3.05, 3.63) is 0 Å². The van der Waals surface area contributed by atoms with E-state index in [1.165, 1.54) is 143 Å². The molecule has 0 nitrogen and oxygen atoms in total. The van der Waals surface area contributed by atoms with Gasteiger partial charge in [-0.25, -0.2) is 0 Å². The van der Waals surface area contributed by atoms with E-state index in [1.54, 1.807) is 0 Å². The van der Waals surface area contributed by atoms with Gasteiger partial charge in [0.25, 0.3) is 0 Å². The summed E-state index contributed by atoms with van der Waals surface area (Å²) in [5.74, 6) is 2.47. The third-order valence-electron chi connectivity index (χ3n) is 5.44. The summed E-state index contributed by atoms with van der Waals surface area (Å²) in [7, 11) is 0. The van der Waals surface area contributed by atoms with E-state index >= 15 is 0 Å². The Hall–Kier alpha value is 0.790. The van der Waals surface area contributed by atoms with Crippen molar-refractivity contribution in [2.45, 2.75) is 142 Å². The predicted molar refractivity (Wildman–Crippen MR) is 141 cm³/mol. The molecule has 0 bridgehead atoms. The van der Waals surface area contributed by atoms with Crippen LogP contribution in [0.25, 0.3) is 0 Å². The van der Waals surface area contributed by atoms with Gasteiger partial charge in [-0.3, -0.25) is 0 Å². The molecule has 0 unspecified atom stereocenters. The van der Waals surface area contributed by atoms with Crippen LogP contribution in [-0.4, -0.2) is 15.0 Å². The monoisotopic (exact) mass is 446 g/mol. The first-order valence-corrected chi connectivity index (χ1v) is 15.0. The fourth-order valence-electron chi connectivity index (χ4n) is 3.53. The smallest absolute Gasteiger partial charge is 0.104 e. The summed E-state index contributed by atoms with van der Waals surface area (Å²) in [4.78, 5) is 0. The van der Waals surface area contributed by atoms with E-state index in [4.69, 9.17) is 12.2 Å². The molecule has 0 spiro atoms. The number of rotatable bonds is 22. The largest absolute Gasteiger partial charge is 0.108 e. The van der Waals surface area contributed by atoms with Crippen LogP contribution in [0.5, 0.6) is 0 Å². The van der Waals surface area contributed by atoms with Crippen molar-refractivity contribution in [2.75, 3.05) is 11.5 Å². The Labute approximate surface area is 192 Å². The maximum Gasteiger partial charge on any atom is 0.104 e. The van der Waals surface area contributed by atoms with Gasteiger partial charge < -0.3 is 0 Å². The minimum absolute atomic E-state index is 1.19. The van der Waals surface area contributed by atoms with E-state index in [9.17, 15) is 0 Å². The number of thioether (sulfide) groups is 2. The van der Waals surface area contributed by atoms with E-state index in [-0.39, 0.29) is 0 Å². The van der Waals surface area contributed by atoms with Crippen LogP contribution in [-0.2, 0) is 0 Å². The lowest BCUT2D eigenvalue weighted by atomic mass is 10.1. The molecular weight excluding hydrogens is 396 g/mol. The molecule has 0 N–H and O–H groups in total. The van der Waals surface area contributed by atoms with E-state index in [1.807, 2.05) is 23.5 Å². The molecule has 0 amide bonds. The third-order valence-corrected chi connectivity index (χ3v) is 8.31. The van der Waals surface area contributed by atoms with Gasteiger partial charge >= 0.3 is 0 Å². The first-order valence-electron chi connectivity index (χ1n) is 12.6. The van der Waals surface area contributed by atoms with Gasteiger partial charge in [-0.1, -0.05) is 142 Å². The Morgan fingerprint density at radius 2 is 0.679 bits per heavy atom. The summed E-state index contributed by atoms with van der Waals surface area (Å²) in [6, 6.07) is 0. The summed E-state index contributed by atoms with van der Waals surface area (Å²) in [5, 5.41) is 0. The molecule has 0 aromatic rings. The molecule has 0 aromatic heterocycles. The van der Waals surface area contributed by atoms with Gasteiger partial charge in [0.05, 0.1) is 0 Å². The molecule has 0 radical (unpaired) electrons. The summed E-state index contributed by atoms with van der Waals surface area (Å²) < 4.78 is 1.19. The van der Waals surface area contributed by atoms with E-state index in [2.05, 4.69) is 13.8 Å². The lowest BCUT2D eigenvalue weighted by Crippen LogP contribution is -1.90. The number of unbranched alkanes of at least 4 members (excludes halogenated alkanes) is 18. The normalized spacial score (nSPS) is 11.2. The standard InChI is InChI=1S/C25H50S3/c1-3-5-7-9-11-13-15-17-19-21-23-27-25(26)28-24-22-20-18-16-14-12-10-8-6-4-2/h3-24H2,1-2H3. The van der Waals surface area contributed by atoms with Crippen LogP contribution in [0.15, 0.2) is 0 Å². The third kappa shape index (κ3) is 24.8. The second kappa shape index (κ2) is 25.8. The predicted octanol–water partition coefficient (Wildman–Crippen LogP) is 10.6. The zero-order valence-corrected chi connectivity index (χ0v) is 21.7. The maximum atomic E-state index is 5.52. The van der Waals surface area contributed by atoms with E-state index < -0.39 is 0 Å².